The van der Waals surface area contributed by atoms with E-state index in [1.807, 2.05) is 11.3 Å². The summed E-state index contributed by atoms with van der Waals surface area (Å²) in [4.78, 5) is 1.39. The summed E-state index contributed by atoms with van der Waals surface area (Å²) in [7, 11) is 0. The maximum absolute atomic E-state index is 3.66. The van der Waals surface area contributed by atoms with E-state index in [0.717, 1.165) is 10.9 Å². The molecule has 1 N–H and O–H groups in total. The van der Waals surface area contributed by atoms with Gasteiger partial charge in [0.1, 0.15) is 0 Å². The summed E-state index contributed by atoms with van der Waals surface area (Å²) in [5.41, 5.74) is 3.78. The standard InChI is InChI=1S/C15H18BrNS/c1-4-13(14-6-5-7-18-14)17-15-11(3)8-10(2)9-12(15)16/h5-9,13,17H,4H2,1-3H3. The Hall–Kier alpha value is -0.800. The molecule has 0 saturated carbocycles. The predicted octanol–water partition coefficient (Wildman–Crippen LogP) is 5.69. The van der Waals surface area contributed by atoms with Gasteiger partial charge in [0.25, 0.3) is 0 Å². The molecule has 0 spiro atoms. The molecule has 1 aromatic carbocycles. The number of nitrogens with one attached hydrogen (secondary N) is 1. The van der Waals surface area contributed by atoms with E-state index in [-0.39, 0.29) is 0 Å². The molecule has 3 heteroatoms. The zero-order valence-electron chi connectivity index (χ0n) is 11.0. The van der Waals surface area contributed by atoms with Crippen molar-refractivity contribution in [1.82, 2.24) is 0 Å². The second kappa shape index (κ2) is 5.89. The molecule has 0 fully saturated rings. The zero-order chi connectivity index (χ0) is 13.1. The maximum Gasteiger partial charge on any atom is 0.0604 e. The number of hydrogen-bond acceptors (Lipinski definition) is 2. The van der Waals surface area contributed by atoms with Crippen LogP contribution in [-0.2, 0) is 0 Å². The molecule has 1 heterocycles. The number of benzene rings is 1. The molecule has 18 heavy (non-hydrogen) atoms. The Balaban J connectivity index is 2.28. The smallest absolute Gasteiger partial charge is 0.0604 e. The van der Waals surface area contributed by atoms with Gasteiger partial charge in [0, 0.05) is 9.35 Å². The molecule has 2 aromatic rings. The fraction of sp³-hybridized carbons (Fsp3) is 0.333. The van der Waals surface area contributed by atoms with Crippen LogP contribution in [0, 0.1) is 13.8 Å². The molecule has 0 aliphatic carbocycles. The van der Waals surface area contributed by atoms with Crippen LogP contribution in [0.3, 0.4) is 0 Å². The molecular formula is C15H18BrNS. The summed E-state index contributed by atoms with van der Waals surface area (Å²) in [6.45, 7) is 6.49. The molecule has 0 aliphatic heterocycles. The average molecular weight is 324 g/mol. The fourth-order valence-corrected chi connectivity index (χ4v) is 3.79. The van der Waals surface area contributed by atoms with Crippen molar-refractivity contribution in [2.75, 3.05) is 5.32 Å². The van der Waals surface area contributed by atoms with Crippen molar-refractivity contribution in [2.45, 2.75) is 33.2 Å². The molecule has 1 aromatic heterocycles. The maximum atomic E-state index is 3.66. The van der Waals surface area contributed by atoms with Crippen molar-refractivity contribution in [2.24, 2.45) is 0 Å². The highest BCUT2D eigenvalue weighted by atomic mass is 79.9. The first-order valence-electron chi connectivity index (χ1n) is 6.18. The summed E-state index contributed by atoms with van der Waals surface area (Å²) >= 11 is 5.47. The van der Waals surface area contributed by atoms with Crippen LogP contribution in [0.5, 0.6) is 0 Å². The van der Waals surface area contributed by atoms with Gasteiger partial charge in [0.15, 0.2) is 0 Å². The topological polar surface area (TPSA) is 12.0 Å². The molecule has 0 bridgehead atoms. The Labute approximate surface area is 121 Å². The fourth-order valence-electron chi connectivity index (χ4n) is 2.14. The van der Waals surface area contributed by atoms with Crippen LogP contribution in [0.15, 0.2) is 34.1 Å². The highest BCUT2D eigenvalue weighted by Gasteiger charge is 2.13. The van der Waals surface area contributed by atoms with Gasteiger partial charge in [-0.3, -0.25) is 0 Å². The Morgan fingerprint density at radius 1 is 1.33 bits per heavy atom. The number of rotatable bonds is 4. The van der Waals surface area contributed by atoms with Crippen LogP contribution < -0.4 is 5.32 Å². The van der Waals surface area contributed by atoms with Gasteiger partial charge in [-0.2, -0.15) is 0 Å². The van der Waals surface area contributed by atoms with Crippen LogP contribution in [-0.4, -0.2) is 0 Å². The molecule has 0 saturated heterocycles. The van der Waals surface area contributed by atoms with Gasteiger partial charge in [-0.15, -0.1) is 11.3 Å². The Kier molecular flexibility index (Phi) is 4.46. The Morgan fingerprint density at radius 2 is 2.11 bits per heavy atom. The van der Waals surface area contributed by atoms with Gasteiger partial charge < -0.3 is 5.32 Å². The van der Waals surface area contributed by atoms with E-state index < -0.39 is 0 Å². The van der Waals surface area contributed by atoms with Crippen molar-refractivity contribution in [3.05, 3.63) is 50.1 Å². The van der Waals surface area contributed by atoms with E-state index in [4.69, 9.17) is 0 Å². The summed E-state index contributed by atoms with van der Waals surface area (Å²) in [5, 5.41) is 5.79. The van der Waals surface area contributed by atoms with Crippen molar-refractivity contribution in [3.63, 3.8) is 0 Å². The third-order valence-corrected chi connectivity index (χ3v) is 4.66. The zero-order valence-corrected chi connectivity index (χ0v) is 13.4. The summed E-state index contributed by atoms with van der Waals surface area (Å²) < 4.78 is 1.15. The normalized spacial score (nSPS) is 12.4. The number of aryl methyl sites for hydroxylation is 2. The number of thiophene rings is 1. The third kappa shape index (κ3) is 2.96. The van der Waals surface area contributed by atoms with Gasteiger partial charge in [-0.25, -0.2) is 0 Å². The first kappa shape index (κ1) is 13.6. The Morgan fingerprint density at radius 3 is 2.67 bits per heavy atom. The minimum atomic E-state index is 0.391. The lowest BCUT2D eigenvalue weighted by molar-refractivity contribution is 0.762. The quantitative estimate of drug-likeness (QED) is 0.762. The average Bonchev–Trinajstić information content (AvgIpc) is 2.81. The summed E-state index contributed by atoms with van der Waals surface area (Å²) in [6.07, 6.45) is 1.08. The largest absolute Gasteiger partial charge is 0.376 e. The van der Waals surface area contributed by atoms with E-state index in [1.165, 1.54) is 21.7 Å². The number of hydrogen-bond donors (Lipinski definition) is 1. The molecule has 1 atom stereocenters. The van der Waals surface area contributed by atoms with E-state index in [9.17, 15) is 0 Å². The van der Waals surface area contributed by atoms with Gasteiger partial charge >= 0.3 is 0 Å². The van der Waals surface area contributed by atoms with E-state index in [0.29, 0.717) is 6.04 Å². The van der Waals surface area contributed by atoms with Crippen molar-refractivity contribution < 1.29 is 0 Å². The minimum Gasteiger partial charge on any atom is -0.376 e. The molecule has 0 radical (unpaired) electrons. The Bertz CT molecular complexity index is 496. The predicted molar refractivity (Wildman–Crippen MR) is 84.6 cm³/mol. The van der Waals surface area contributed by atoms with E-state index >= 15 is 0 Å². The van der Waals surface area contributed by atoms with Gasteiger partial charge in [-0.1, -0.05) is 19.1 Å². The van der Waals surface area contributed by atoms with E-state index in [1.54, 1.807) is 0 Å². The molecule has 0 aliphatic rings. The second-order valence-electron chi connectivity index (χ2n) is 4.56. The number of halogens is 1. The lowest BCUT2D eigenvalue weighted by Gasteiger charge is -2.20. The lowest BCUT2D eigenvalue weighted by atomic mass is 10.1. The van der Waals surface area contributed by atoms with Crippen LogP contribution in [0.4, 0.5) is 5.69 Å². The molecule has 2 rings (SSSR count). The second-order valence-corrected chi connectivity index (χ2v) is 6.39. The van der Waals surface area contributed by atoms with Crippen LogP contribution in [0.2, 0.25) is 0 Å². The van der Waals surface area contributed by atoms with Gasteiger partial charge in [0.05, 0.1) is 11.7 Å². The monoisotopic (exact) mass is 323 g/mol. The highest BCUT2D eigenvalue weighted by Crippen LogP contribution is 2.33. The van der Waals surface area contributed by atoms with Crippen molar-refractivity contribution in [3.8, 4) is 0 Å². The molecule has 96 valence electrons. The van der Waals surface area contributed by atoms with Crippen LogP contribution in [0.1, 0.15) is 35.4 Å². The molecule has 1 unspecified atom stereocenters. The molecule has 0 amide bonds. The van der Waals surface area contributed by atoms with Crippen LogP contribution >= 0.6 is 27.3 Å². The summed E-state index contributed by atoms with van der Waals surface area (Å²) in [6, 6.07) is 9.08. The molecule has 1 nitrogen and oxygen atoms in total. The SMILES string of the molecule is CCC(Nc1c(C)cc(C)cc1Br)c1cccs1. The van der Waals surface area contributed by atoms with Gasteiger partial charge in [0.2, 0.25) is 0 Å². The van der Waals surface area contributed by atoms with Crippen molar-refractivity contribution >= 4 is 33.0 Å². The first-order chi connectivity index (χ1) is 8.61. The first-order valence-corrected chi connectivity index (χ1v) is 7.85. The van der Waals surface area contributed by atoms with Crippen LogP contribution in [0.25, 0.3) is 0 Å². The van der Waals surface area contributed by atoms with E-state index in [2.05, 4.69) is 71.7 Å². The minimum absolute atomic E-state index is 0.391. The summed E-state index contributed by atoms with van der Waals surface area (Å²) in [5.74, 6) is 0. The highest BCUT2D eigenvalue weighted by molar-refractivity contribution is 9.10. The molecular weight excluding hydrogens is 306 g/mol. The third-order valence-electron chi connectivity index (χ3n) is 3.05. The van der Waals surface area contributed by atoms with Crippen molar-refractivity contribution in [1.29, 1.82) is 0 Å². The van der Waals surface area contributed by atoms with Gasteiger partial charge in [-0.05, 0) is 64.8 Å². The lowest BCUT2D eigenvalue weighted by Crippen LogP contribution is -2.09. The number of anilines is 1.